The lowest BCUT2D eigenvalue weighted by molar-refractivity contribution is 0.0924. The van der Waals surface area contributed by atoms with Crippen LogP contribution in [0.25, 0.3) is 0 Å². The molecule has 4 aromatic rings. The summed E-state index contributed by atoms with van der Waals surface area (Å²) in [6, 6.07) is 20.6. The minimum absolute atomic E-state index is 0.149. The van der Waals surface area contributed by atoms with E-state index in [1.807, 2.05) is 30.3 Å². The molecule has 35 heavy (non-hydrogen) atoms. The van der Waals surface area contributed by atoms with Crippen LogP contribution in [-0.2, 0) is 13.0 Å². The van der Waals surface area contributed by atoms with Gasteiger partial charge in [-0.1, -0.05) is 18.2 Å². The zero-order valence-corrected chi connectivity index (χ0v) is 19.3. The quantitative estimate of drug-likeness (QED) is 0.420. The largest absolute Gasteiger partial charge is 0.469 e. The maximum absolute atomic E-state index is 12.4. The minimum Gasteiger partial charge on any atom is -0.469 e. The highest BCUT2D eigenvalue weighted by atomic mass is 16.4. The third kappa shape index (κ3) is 5.46. The lowest BCUT2D eigenvalue weighted by Gasteiger charge is -2.36. The number of hydrogen-bond donors (Lipinski definition) is 1. The van der Waals surface area contributed by atoms with Gasteiger partial charge in [-0.3, -0.25) is 9.59 Å². The van der Waals surface area contributed by atoms with Crippen LogP contribution in [0.5, 0.6) is 0 Å². The van der Waals surface area contributed by atoms with E-state index >= 15 is 0 Å². The molecule has 5 rings (SSSR count). The fourth-order valence-electron chi connectivity index (χ4n) is 4.13. The van der Waals surface area contributed by atoms with Gasteiger partial charge in [0.25, 0.3) is 11.5 Å². The summed E-state index contributed by atoms with van der Waals surface area (Å²) in [5, 5.41) is 7.37. The van der Waals surface area contributed by atoms with Gasteiger partial charge in [-0.25, -0.2) is 4.68 Å². The number of carbonyl (C=O) groups excluding carboxylic acids is 1. The van der Waals surface area contributed by atoms with Crippen molar-refractivity contribution < 1.29 is 13.6 Å². The Morgan fingerprint density at radius 3 is 2.46 bits per heavy atom. The first-order chi connectivity index (χ1) is 17.2. The Morgan fingerprint density at radius 1 is 0.886 bits per heavy atom. The predicted octanol–water partition coefficient (Wildman–Crippen LogP) is 2.78. The number of para-hydroxylation sites is 1. The highest BCUT2D eigenvalue weighted by Crippen LogP contribution is 2.18. The second kappa shape index (κ2) is 10.3. The van der Waals surface area contributed by atoms with Crippen molar-refractivity contribution in [1.29, 1.82) is 0 Å². The molecule has 0 unspecified atom stereocenters. The molecule has 180 valence electrons. The van der Waals surface area contributed by atoms with E-state index in [0.717, 1.165) is 37.8 Å². The fourth-order valence-corrected chi connectivity index (χ4v) is 4.13. The predicted molar refractivity (Wildman–Crippen MR) is 132 cm³/mol. The molecule has 0 spiro atoms. The highest BCUT2D eigenvalue weighted by Gasteiger charge is 2.19. The van der Waals surface area contributed by atoms with E-state index in [9.17, 15) is 9.59 Å². The van der Waals surface area contributed by atoms with Crippen molar-refractivity contribution in [3.05, 3.63) is 101 Å². The molecule has 1 fully saturated rings. The molecule has 0 radical (unpaired) electrons. The monoisotopic (exact) mass is 473 g/mol. The summed E-state index contributed by atoms with van der Waals surface area (Å²) >= 11 is 0. The zero-order chi connectivity index (χ0) is 24.0. The summed E-state index contributed by atoms with van der Waals surface area (Å²) < 4.78 is 12.3. The molecule has 0 bridgehead atoms. The number of nitrogens with zero attached hydrogens (tertiary/aromatic N) is 4. The lowest BCUT2D eigenvalue weighted by atomic mass is 10.2. The normalized spacial score (nSPS) is 13.7. The van der Waals surface area contributed by atoms with E-state index < -0.39 is 0 Å². The molecule has 1 aliphatic heterocycles. The maximum Gasteiger partial charge on any atom is 0.287 e. The van der Waals surface area contributed by atoms with Crippen LogP contribution < -0.4 is 20.7 Å². The number of benzene rings is 1. The number of rotatable bonds is 8. The lowest BCUT2D eigenvalue weighted by Crippen LogP contribution is -2.47. The Balaban J connectivity index is 1.19. The van der Waals surface area contributed by atoms with Crippen molar-refractivity contribution in [2.24, 2.45) is 0 Å². The van der Waals surface area contributed by atoms with Crippen molar-refractivity contribution in [3.63, 3.8) is 0 Å². The molecule has 9 heteroatoms. The van der Waals surface area contributed by atoms with Gasteiger partial charge in [0.05, 0.1) is 6.26 Å². The van der Waals surface area contributed by atoms with Crippen LogP contribution in [0.15, 0.2) is 86.6 Å². The van der Waals surface area contributed by atoms with Gasteiger partial charge >= 0.3 is 0 Å². The smallest absolute Gasteiger partial charge is 0.287 e. The van der Waals surface area contributed by atoms with Crippen molar-refractivity contribution in [3.8, 4) is 0 Å². The number of anilines is 2. The SMILES string of the molecule is O=C(NCCc1ccco1)c1ccc(Cn2nc(N3CCN(c4ccccc4)CC3)ccc2=O)o1. The Hall–Kier alpha value is -4.27. The molecule has 1 aromatic carbocycles. The molecular formula is C26H27N5O4. The summed E-state index contributed by atoms with van der Waals surface area (Å²) in [7, 11) is 0. The van der Waals surface area contributed by atoms with Crippen LogP contribution in [-0.4, -0.2) is 48.4 Å². The van der Waals surface area contributed by atoms with Gasteiger partial charge < -0.3 is 24.0 Å². The van der Waals surface area contributed by atoms with E-state index in [0.29, 0.717) is 18.7 Å². The topological polar surface area (TPSA) is 96.8 Å². The highest BCUT2D eigenvalue weighted by molar-refractivity contribution is 5.91. The van der Waals surface area contributed by atoms with Gasteiger partial charge in [0.2, 0.25) is 0 Å². The third-order valence-corrected chi connectivity index (χ3v) is 6.01. The van der Waals surface area contributed by atoms with Gasteiger partial charge in [-0.2, -0.15) is 5.10 Å². The molecule has 1 N–H and O–H groups in total. The molecule has 0 atom stereocenters. The van der Waals surface area contributed by atoms with Gasteiger partial charge in [0.1, 0.15) is 23.9 Å². The van der Waals surface area contributed by atoms with Crippen LogP contribution >= 0.6 is 0 Å². The molecular weight excluding hydrogens is 446 g/mol. The van der Waals surface area contributed by atoms with Crippen LogP contribution in [0.3, 0.4) is 0 Å². The summed E-state index contributed by atoms with van der Waals surface area (Å²) in [4.78, 5) is 29.3. The number of carbonyl (C=O) groups is 1. The van der Waals surface area contributed by atoms with Crippen LogP contribution in [0, 0.1) is 0 Å². The number of hydrogen-bond acceptors (Lipinski definition) is 7. The Morgan fingerprint density at radius 2 is 1.69 bits per heavy atom. The Kier molecular flexibility index (Phi) is 6.65. The summed E-state index contributed by atoms with van der Waals surface area (Å²) in [5.74, 6) is 1.92. The molecule has 1 amide bonds. The molecule has 0 aliphatic carbocycles. The average molecular weight is 474 g/mol. The fraction of sp³-hybridized carbons (Fsp3) is 0.269. The van der Waals surface area contributed by atoms with E-state index in [1.54, 1.807) is 24.5 Å². The standard InChI is InChI=1S/C26H27N5O4/c32-25-11-10-24(30-16-14-29(15-17-30)20-5-2-1-3-6-20)28-31(25)19-22-8-9-23(35-22)26(33)27-13-12-21-7-4-18-34-21/h1-11,18H,12-17,19H2,(H,27,33). The van der Waals surface area contributed by atoms with Gasteiger partial charge in [0.15, 0.2) is 5.76 Å². The van der Waals surface area contributed by atoms with E-state index in [2.05, 4.69) is 32.3 Å². The average Bonchev–Trinajstić information content (AvgIpc) is 3.59. The van der Waals surface area contributed by atoms with Crippen LogP contribution in [0.1, 0.15) is 22.1 Å². The summed E-state index contributed by atoms with van der Waals surface area (Å²) in [6.07, 6.45) is 2.20. The van der Waals surface area contributed by atoms with Crippen LogP contribution in [0.2, 0.25) is 0 Å². The van der Waals surface area contributed by atoms with Crippen molar-refractivity contribution in [2.45, 2.75) is 13.0 Å². The van der Waals surface area contributed by atoms with E-state index in [4.69, 9.17) is 8.83 Å². The second-order valence-electron chi connectivity index (χ2n) is 8.35. The summed E-state index contributed by atoms with van der Waals surface area (Å²) in [6.45, 7) is 3.95. The molecule has 0 saturated carbocycles. The van der Waals surface area contributed by atoms with Gasteiger partial charge in [-0.15, -0.1) is 0 Å². The second-order valence-corrected chi connectivity index (χ2v) is 8.35. The number of amides is 1. The Labute approximate surface area is 202 Å². The third-order valence-electron chi connectivity index (χ3n) is 6.01. The first kappa shape index (κ1) is 22.5. The molecule has 1 saturated heterocycles. The Bertz CT molecular complexity index is 1310. The number of nitrogens with one attached hydrogen (secondary N) is 1. The van der Waals surface area contributed by atoms with E-state index in [1.165, 1.54) is 16.4 Å². The minimum atomic E-state index is -0.312. The van der Waals surface area contributed by atoms with Gasteiger partial charge in [0, 0.05) is 50.9 Å². The van der Waals surface area contributed by atoms with Crippen LogP contribution in [0.4, 0.5) is 11.5 Å². The van der Waals surface area contributed by atoms with Crippen molar-refractivity contribution >= 4 is 17.4 Å². The first-order valence-electron chi connectivity index (χ1n) is 11.7. The summed E-state index contributed by atoms with van der Waals surface area (Å²) in [5.41, 5.74) is 0.987. The van der Waals surface area contributed by atoms with Crippen molar-refractivity contribution in [2.75, 3.05) is 42.5 Å². The maximum atomic E-state index is 12.4. The number of piperazine rings is 1. The van der Waals surface area contributed by atoms with Gasteiger partial charge in [-0.05, 0) is 42.5 Å². The molecule has 1 aliphatic rings. The van der Waals surface area contributed by atoms with Crippen molar-refractivity contribution in [1.82, 2.24) is 15.1 Å². The molecule has 9 nitrogen and oxygen atoms in total. The zero-order valence-electron chi connectivity index (χ0n) is 19.3. The van der Waals surface area contributed by atoms with E-state index in [-0.39, 0.29) is 23.8 Å². The number of furan rings is 2. The first-order valence-corrected chi connectivity index (χ1v) is 11.7. The molecule has 3 aromatic heterocycles. The molecule has 4 heterocycles. The number of aromatic nitrogens is 2.